The average molecular weight is 434 g/mol. The topological polar surface area (TPSA) is 54.5 Å². The summed E-state index contributed by atoms with van der Waals surface area (Å²) in [7, 11) is 0. The Balaban J connectivity index is 1.64. The SMILES string of the molecule is CCC(C)(C)C(=O)C(=O)N1CCCC1C(=O)CCCC(c1ccccc1)c1ccccc1. The summed E-state index contributed by atoms with van der Waals surface area (Å²) in [5.41, 5.74) is 1.80. The predicted molar refractivity (Wildman–Crippen MR) is 127 cm³/mol. The fraction of sp³-hybridized carbons (Fsp3) is 0.464. The van der Waals surface area contributed by atoms with Crippen molar-refractivity contribution < 1.29 is 14.4 Å². The minimum Gasteiger partial charge on any atom is -0.326 e. The van der Waals surface area contributed by atoms with E-state index in [0.717, 1.165) is 19.3 Å². The van der Waals surface area contributed by atoms with Gasteiger partial charge in [-0.05, 0) is 43.2 Å². The van der Waals surface area contributed by atoms with Gasteiger partial charge in [-0.2, -0.15) is 0 Å². The quantitative estimate of drug-likeness (QED) is 0.461. The molecule has 0 bridgehead atoms. The molecule has 1 fully saturated rings. The highest BCUT2D eigenvalue weighted by Crippen LogP contribution is 2.31. The Bertz CT molecular complexity index is 881. The predicted octanol–water partition coefficient (Wildman–Crippen LogP) is 5.55. The third-order valence-electron chi connectivity index (χ3n) is 6.90. The van der Waals surface area contributed by atoms with Crippen molar-refractivity contribution in [1.29, 1.82) is 0 Å². The van der Waals surface area contributed by atoms with Crippen molar-refractivity contribution in [3.8, 4) is 0 Å². The van der Waals surface area contributed by atoms with Crippen LogP contribution in [-0.4, -0.2) is 35.0 Å². The van der Waals surface area contributed by atoms with Gasteiger partial charge in [0.25, 0.3) is 5.91 Å². The van der Waals surface area contributed by atoms with E-state index in [2.05, 4.69) is 24.3 Å². The number of carbonyl (C=O) groups excluding carboxylic acids is 3. The number of hydrogen-bond acceptors (Lipinski definition) is 3. The summed E-state index contributed by atoms with van der Waals surface area (Å²) in [5, 5.41) is 0. The molecular weight excluding hydrogens is 398 g/mol. The second kappa shape index (κ2) is 10.7. The first-order valence-corrected chi connectivity index (χ1v) is 11.8. The summed E-state index contributed by atoms with van der Waals surface area (Å²) in [4.78, 5) is 40.1. The average Bonchev–Trinajstić information content (AvgIpc) is 3.32. The summed E-state index contributed by atoms with van der Waals surface area (Å²) in [6.07, 6.45) is 4.08. The number of rotatable bonds is 10. The van der Waals surface area contributed by atoms with E-state index in [1.54, 1.807) is 13.8 Å². The highest BCUT2D eigenvalue weighted by molar-refractivity contribution is 6.38. The molecule has 1 atom stereocenters. The molecule has 1 aliphatic heterocycles. The number of ketones is 2. The summed E-state index contributed by atoms with van der Waals surface area (Å²) < 4.78 is 0. The van der Waals surface area contributed by atoms with Gasteiger partial charge in [-0.15, -0.1) is 0 Å². The summed E-state index contributed by atoms with van der Waals surface area (Å²) >= 11 is 0. The van der Waals surface area contributed by atoms with Crippen LogP contribution >= 0.6 is 0 Å². The van der Waals surface area contributed by atoms with Gasteiger partial charge >= 0.3 is 0 Å². The number of amides is 1. The van der Waals surface area contributed by atoms with Gasteiger partial charge in [-0.25, -0.2) is 0 Å². The zero-order chi connectivity index (χ0) is 23.1. The van der Waals surface area contributed by atoms with Crippen molar-refractivity contribution >= 4 is 17.5 Å². The molecule has 1 aliphatic rings. The Hall–Kier alpha value is -2.75. The maximum atomic E-state index is 13.1. The lowest BCUT2D eigenvalue weighted by Crippen LogP contribution is -2.47. The molecule has 4 nitrogen and oxygen atoms in total. The van der Waals surface area contributed by atoms with Gasteiger partial charge in [0.05, 0.1) is 6.04 Å². The van der Waals surface area contributed by atoms with E-state index >= 15 is 0 Å². The van der Waals surface area contributed by atoms with E-state index in [-0.39, 0.29) is 17.5 Å². The minimum atomic E-state index is -0.689. The van der Waals surface area contributed by atoms with Crippen molar-refractivity contribution in [2.75, 3.05) is 6.54 Å². The zero-order valence-corrected chi connectivity index (χ0v) is 19.5. The van der Waals surface area contributed by atoms with Crippen LogP contribution in [-0.2, 0) is 14.4 Å². The Labute approximate surface area is 192 Å². The second-order valence-corrected chi connectivity index (χ2v) is 9.46. The van der Waals surface area contributed by atoms with Crippen molar-refractivity contribution in [1.82, 2.24) is 4.90 Å². The molecule has 1 saturated heterocycles. The van der Waals surface area contributed by atoms with E-state index in [4.69, 9.17) is 0 Å². The van der Waals surface area contributed by atoms with E-state index in [1.807, 2.05) is 43.3 Å². The lowest BCUT2D eigenvalue weighted by Gasteiger charge is -2.27. The van der Waals surface area contributed by atoms with Crippen molar-refractivity contribution in [2.24, 2.45) is 5.41 Å². The molecule has 0 aliphatic carbocycles. The maximum Gasteiger partial charge on any atom is 0.291 e. The van der Waals surface area contributed by atoms with Crippen molar-refractivity contribution in [3.05, 3.63) is 71.8 Å². The number of carbonyl (C=O) groups is 3. The molecular formula is C28H35NO3. The molecule has 0 N–H and O–H groups in total. The van der Waals surface area contributed by atoms with Gasteiger partial charge < -0.3 is 4.90 Å². The fourth-order valence-corrected chi connectivity index (χ4v) is 4.47. The highest BCUT2D eigenvalue weighted by atomic mass is 16.2. The smallest absolute Gasteiger partial charge is 0.291 e. The van der Waals surface area contributed by atoms with E-state index in [9.17, 15) is 14.4 Å². The van der Waals surface area contributed by atoms with Gasteiger partial charge in [-0.3, -0.25) is 14.4 Å². The highest BCUT2D eigenvalue weighted by Gasteiger charge is 2.40. The summed E-state index contributed by atoms with van der Waals surface area (Å²) in [6.45, 7) is 6.01. The monoisotopic (exact) mass is 433 g/mol. The number of nitrogens with zero attached hydrogens (tertiary/aromatic N) is 1. The van der Waals surface area contributed by atoms with Crippen LogP contribution in [0, 0.1) is 5.41 Å². The molecule has 170 valence electrons. The molecule has 3 rings (SSSR count). The van der Waals surface area contributed by atoms with Crippen LogP contribution < -0.4 is 0 Å². The third kappa shape index (κ3) is 5.53. The molecule has 0 spiro atoms. The van der Waals surface area contributed by atoms with E-state index in [1.165, 1.54) is 16.0 Å². The van der Waals surface area contributed by atoms with Gasteiger partial charge in [0.15, 0.2) is 5.78 Å². The number of likely N-dealkylation sites (tertiary alicyclic amines) is 1. The van der Waals surface area contributed by atoms with Crippen molar-refractivity contribution in [2.45, 2.75) is 71.3 Å². The number of hydrogen-bond donors (Lipinski definition) is 0. The number of benzene rings is 2. The zero-order valence-electron chi connectivity index (χ0n) is 19.5. The van der Waals surface area contributed by atoms with E-state index in [0.29, 0.717) is 25.8 Å². The molecule has 1 heterocycles. The largest absolute Gasteiger partial charge is 0.326 e. The molecule has 1 unspecified atom stereocenters. The lowest BCUT2D eigenvalue weighted by atomic mass is 9.84. The first kappa shape index (κ1) is 23.9. The number of Topliss-reactive ketones (excluding diaryl/α,β-unsaturated/α-hetero) is 2. The lowest BCUT2D eigenvalue weighted by molar-refractivity contribution is -0.151. The fourth-order valence-electron chi connectivity index (χ4n) is 4.47. The summed E-state index contributed by atoms with van der Waals surface area (Å²) in [5.74, 6) is -0.552. The van der Waals surface area contributed by atoms with Crippen LogP contribution in [0.1, 0.15) is 76.3 Å². The standard InChI is InChI=1S/C28H35NO3/c1-4-28(2,3)26(31)27(32)29-20-12-18-24(29)25(30)19-11-17-23(21-13-7-5-8-14-21)22-15-9-6-10-16-22/h5-10,13-16,23-24H,4,11-12,17-20H2,1-3H3. The van der Waals surface area contributed by atoms with Gasteiger partial charge in [0.2, 0.25) is 5.78 Å². The van der Waals surface area contributed by atoms with Gasteiger partial charge in [0, 0.05) is 24.3 Å². The Kier molecular flexibility index (Phi) is 8.00. The Morgan fingerprint density at radius 3 is 2.06 bits per heavy atom. The first-order valence-electron chi connectivity index (χ1n) is 11.8. The first-order chi connectivity index (χ1) is 15.3. The Morgan fingerprint density at radius 1 is 0.969 bits per heavy atom. The van der Waals surface area contributed by atoms with Gasteiger partial charge in [0.1, 0.15) is 0 Å². The minimum absolute atomic E-state index is 0.0813. The van der Waals surface area contributed by atoms with Crippen LogP contribution in [0.15, 0.2) is 60.7 Å². The molecule has 0 saturated carbocycles. The molecule has 1 amide bonds. The van der Waals surface area contributed by atoms with Crippen LogP contribution in [0.4, 0.5) is 0 Å². The molecule has 4 heteroatoms. The van der Waals surface area contributed by atoms with E-state index < -0.39 is 17.4 Å². The van der Waals surface area contributed by atoms with Crippen molar-refractivity contribution in [3.63, 3.8) is 0 Å². The van der Waals surface area contributed by atoms with Gasteiger partial charge in [-0.1, -0.05) is 81.4 Å². The molecule has 2 aromatic rings. The van der Waals surface area contributed by atoms with Crippen LogP contribution in [0.3, 0.4) is 0 Å². The van der Waals surface area contributed by atoms with Crippen LogP contribution in [0.2, 0.25) is 0 Å². The third-order valence-corrected chi connectivity index (χ3v) is 6.90. The Morgan fingerprint density at radius 2 is 1.53 bits per heavy atom. The molecule has 0 radical (unpaired) electrons. The van der Waals surface area contributed by atoms with Crippen LogP contribution in [0.5, 0.6) is 0 Å². The second-order valence-electron chi connectivity index (χ2n) is 9.46. The van der Waals surface area contributed by atoms with Crippen LogP contribution in [0.25, 0.3) is 0 Å². The maximum absolute atomic E-state index is 13.1. The molecule has 2 aromatic carbocycles. The molecule has 32 heavy (non-hydrogen) atoms. The summed E-state index contributed by atoms with van der Waals surface area (Å²) in [6, 6.07) is 20.3. The normalized spacial score (nSPS) is 16.4. The molecule has 0 aromatic heterocycles.